The quantitative estimate of drug-likeness (QED) is 0.575. The molecular weight excluding hydrogens is 414 g/mol. The van der Waals surface area contributed by atoms with Crippen molar-refractivity contribution in [3.05, 3.63) is 57.2 Å². The summed E-state index contributed by atoms with van der Waals surface area (Å²) in [4.78, 5) is 31.5. The summed E-state index contributed by atoms with van der Waals surface area (Å²) in [6.07, 6.45) is 1.78. The van der Waals surface area contributed by atoms with E-state index in [4.69, 9.17) is 0 Å². The predicted molar refractivity (Wildman–Crippen MR) is 107 cm³/mol. The van der Waals surface area contributed by atoms with Crippen LogP contribution >= 0.6 is 15.9 Å². The summed E-state index contributed by atoms with van der Waals surface area (Å²) in [5, 5.41) is 13.5. The lowest BCUT2D eigenvalue weighted by molar-refractivity contribution is -0.384. The van der Waals surface area contributed by atoms with Gasteiger partial charge in [-0.2, -0.15) is 0 Å². The van der Waals surface area contributed by atoms with E-state index in [1.165, 1.54) is 12.1 Å². The lowest BCUT2D eigenvalue weighted by atomic mass is 10.2. The van der Waals surface area contributed by atoms with Crippen molar-refractivity contribution in [3.63, 3.8) is 0 Å². The molecule has 0 saturated carbocycles. The van der Waals surface area contributed by atoms with Crippen molar-refractivity contribution >= 4 is 39.0 Å². The smallest absolute Gasteiger partial charge is 0.269 e. The molecule has 8 nitrogen and oxygen atoms in total. The van der Waals surface area contributed by atoms with Gasteiger partial charge in [0.2, 0.25) is 5.91 Å². The van der Waals surface area contributed by atoms with E-state index < -0.39 is 4.92 Å². The molecule has 1 aromatic heterocycles. The van der Waals surface area contributed by atoms with E-state index in [-0.39, 0.29) is 17.6 Å². The van der Waals surface area contributed by atoms with E-state index in [0.717, 1.165) is 36.5 Å². The molecule has 1 aliphatic heterocycles. The number of halogens is 1. The van der Waals surface area contributed by atoms with Crippen LogP contribution in [0.25, 0.3) is 0 Å². The third kappa shape index (κ3) is 4.81. The van der Waals surface area contributed by atoms with Crippen LogP contribution in [0.5, 0.6) is 0 Å². The molecule has 1 amide bonds. The molecular formula is C18H20BrN5O3. The van der Waals surface area contributed by atoms with Crippen LogP contribution in [0.2, 0.25) is 0 Å². The highest BCUT2D eigenvalue weighted by Gasteiger charge is 2.26. The molecule has 0 aliphatic carbocycles. The maximum Gasteiger partial charge on any atom is 0.269 e. The number of nitrogens with one attached hydrogen (secondary N) is 1. The second kappa shape index (κ2) is 8.45. The first kappa shape index (κ1) is 19.2. The van der Waals surface area contributed by atoms with Crippen LogP contribution in [0.1, 0.15) is 6.92 Å². The Kier molecular flexibility index (Phi) is 6.02. The fourth-order valence-corrected chi connectivity index (χ4v) is 3.21. The first-order valence-electron chi connectivity index (χ1n) is 8.60. The summed E-state index contributed by atoms with van der Waals surface area (Å²) >= 11 is 3.39. The Balaban J connectivity index is 1.53. The Bertz CT molecular complexity index is 805. The Morgan fingerprint density at radius 1 is 1.19 bits per heavy atom. The van der Waals surface area contributed by atoms with Gasteiger partial charge in [-0.15, -0.1) is 0 Å². The van der Waals surface area contributed by atoms with E-state index in [9.17, 15) is 14.9 Å². The van der Waals surface area contributed by atoms with Crippen molar-refractivity contribution in [3.8, 4) is 0 Å². The highest BCUT2D eigenvalue weighted by atomic mass is 79.9. The van der Waals surface area contributed by atoms with Gasteiger partial charge in [0.05, 0.1) is 11.0 Å². The number of anilines is 2. The zero-order chi connectivity index (χ0) is 19.4. The Labute approximate surface area is 165 Å². The molecule has 1 aromatic carbocycles. The number of non-ortho nitro benzene ring substituents is 1. The number of hydrogen-bond donors (Lipinski definition) is 1. The largest absolute Gasteiger partial charge is 0.354 e. The second-order valence-corrected chi connectivity index (χ2v) is 7.24. The van der Waals surface area contributed by atoms with Gasteiger partial charge in [0, 0.05) is 54.7 Å². The number of piperazine rings is 1. The maximum absolute atomic E-state index is 12.5. The van der Waals surface area contributed by atoms with Gasteiger partial charge in [-0.1, -0.05) is 0 Å². The number of amides is 1. The van der Waals surface area contributed by atoms with Crippen molar-refractivity contribution in [1.82, 2.24) is 9.88 Å². The average molecular weight is 434 g/mol. The minimum Gasteiger partial charge on any atom is -0.354 e. The number of pyridine rings is 1. The van der Waals surface area contributed by atoms with Crippen LogP contribution in [-0.2, 0) is 4.79 Å². The molecule has 1 unspecified atom stereocenters. The van der Waals surface area contributed by atoms with Crippen molar-refractivity contribution in [2.45, 2.75) is 13.0 Å². The third-order valence-corrected chi connectivity index (χ3v) is 5.09. The fraction of sp³-hybridized carbons (Fsp3) is 0.333. The van der Waals surface area contributed by atoms with E-state index in [0.29, 0.717) is 5.69 Å². The number of nitrogens with zero attached hydrogens (tertiary/aromatic N) is 4. The minimum absolute atomic E-state index is 0.00118. The van der Waals surface area contributed by atoms with Gasteiger partial charge < -0.3 is 10.2 Å². The van der Waals surface area contributed by atoms with Gasteiger partial charge in [-0.05, 0) is 47.1 Å². The molecule has 1 fully saturated rings. The van der Waals surface area contributed by atoms with Crippen LogP contribution < -0.4 is 10.2 Å². The Morgan fingerprint density at radius 3 is 2.41 bits per heavy atom. The summed E-state index contributed by atoms with van der Waals surface area (Å²) in [6.45, 7) is 4.97. The molecule has 1 atom stereocenters. The number of benzene rings is 1. The molecule has 142 valence electrons. The van der Waals surface area contributed by atoms with Gasteiger partial charge in [0.25, 0.3) is 5.69 Å². The molecule has 0 bridgehead atoms. The third-order valence-electron chi connectivity index (χ3n) is 4.62. The fourth-order valence-electron chi connectivity index (χ4n) is 2.97. The van der Waals surface area contributed by atoms with Crippen molar-refractivity contribution < 1.29 is 9.72 Å². The lowest BCUT2D eigenvalue weighted by Gasteiger charge is -2.38. The van der Waals surface area contributed by atoms with Crippen molar-refractivity contribution in [2.75, 3.05) is 36.4 Å². The molecule has 1 saturated heterocycles. The van der Waals surface area contributed by atoms with E-state index >= 15 is 0 Å². The summed E-state index contributed by atoms with van der Waals surface area (Å²) in [6, 6.07) is 9.49. The molecule has 2 heterocycles. The Morgan fingerprint density at radius 2 is 1.85 bits per heavy atom. The van der Waals surface area contributed by atoms with Crippen molar-refractivity contribution in [1.29, 1.82) is 0 Å². The van der Waals surface area contributed by atoms with Gasteiger partial charge in [0.15, 0.2) is 0 Å². The summed E-state index contributed by atoms with van der Waals surface area (Å²) in [5.74, 6) is 0.805. The van der Waals surface area contributed by atoms with Crippen LogP contribution in [0.4, 0.5) is 17.2 Å². The number of nitro benzene ring substituents is 1. The molecule has 9 heteroatoms. The maximum atomic E-state index is 12.5. The zero-order valence-electron chi connectivity index (χ0n) is 14.8. The molecule has 3 rings (SSSR count). The first-order chi connectivity index (χ1) is 12.9. The SMILES string of the molecule is CC(C(=O)Nc1ccc([N+](=O)[O-])cc1)N1CCN(c2ccc(Br)cn2)CC1. The van der Waals surface area contributed by atoms with Crippen LogP contribution in [-0.4, -0.2) is 52.9 Å². The summed E-state index contributed by atoms with van der Waals surface area (Å²) < 4.78 is 0.946. The standard InChI is InChI=1S/C18H20BrN5O3/c1-13(18(25)21-15-3-5-16(6-4-15)24(26)27)22-8-10-23(11-9-22)17-7-2-14(19)12-20-17/h2-7,12-13H,8-11H2,1H3,(H,21,25). The van der Waals surface area contributed by atoms with E-state index in [1.54, 1.807) is 18.3 Å². The monoisotopic (exact) mass is 433 g/mol. The molecule has 0 radical (unpaired) electrons. The van der Waals surface area contributed by atoms with Crippen LogP contribution in [0.15, 0.2) is 47.1 Å². The average Bonchev–Trinajstić information content (AvgIpc) is 2.68. The van der Waals surface area contributed by atoms with E-state index in [2.05, 4.69) is 36.0 Å². The highest BCUT2D eigenvalue weighted by molar-refractivity contribution is 9.10. The summed E-state index contributed by atoms with van der Waals surface area (Å²) in [7, 11) is 0. The molecule has 27 heavy (non-hydrogen) atoms. The minimum atomic E-state index is -0.464. The van der Waals surface area contributed by atoms with Gasteiger partial charge in [-0.25, -0.2) is 4.98 Å². The number of hydrogen-bond acceptors (Lipinski definition) is 6. The Hall–Kier alpha value is -2.52. The number of rotatable bonds is 5. The molecule has 0 spiro atoms. The second-order valence-electron chi connectivity index (χ2n) is 6.33. The topological polar surface area (TPSA) is 91.6 Å². The van der Waals surface area contributed by atoms with Gasteiger partial charge >= 0.3 is 0 Å². The highest BCUT2D eigenvalue weighted by Crippen LogP contribution is 2.19. The van der Waals surface area contributed by atoms with Gasteiger partial charge in [0.1, 0.15) is 5.82 Å². The molecule has 1 aliphatic rings. The lowest BCUT2D eigenvalue weighted by Crippen LogP contribution is -2.53. The molecule has 1 N–H and O–H groups in total. The van der Waals surface area contributed by atoms with Crippen molar-refractivity contribution in [2.24, 2.45) is 0 Å². The van der Waals surface area contributed by atoms with E-state index in [1.807, 2.05) is 19.1 Å². The van der Waals surface area contributed by atoms with Crippen LogP contribution in [0.3, 0.4) is 0 Å². The normalized spacial score (nSPS) is 16.0. The number of aromatic nitrogens is 1. The number of carbonyl (C=O) groups excluding carboxylic acids is 1. The zero-order valence-corrected chi connectivity index (χ0v) is 16.4. The van der Waals surface area contributed by atoms with Gasteiger partial charge in [-0.3, -0.25) is 19.8 Å². The number of nitro groups is 1. The summed E-state index contributed by atoms with van der Waals surface area (Å²) in [5.41, 5.74) is 0.550. The number of carbonyl (C=O) groups is 1. The first-order valence-corrected chi connectivity index (χ1v) is 9.39. The van der Waals surface area contributed by atoms with Crippen LogP contribution in [0, 0.1) is 10.1 Å². The predicted octanol–water partition coefficient (Wildman–Crippen LogP) is 2.90. The molecule has 2 aromatic rings.